The number of carbonyl (C=O) groups excluding carboxylic acids is 1. The van der Waals surface area contributed by atoms with Crippen molar-refractivity contribution in [1.29, 1.82) is 0 Å². The number of aromatic nitrogens is 1. The monoisotopic (exact) mass is 309 g/mol. The van der Waals surface area contributed by atoms with Crippen molar-refractivity contribution < 1.29 is 4.79 Å². The molecule has 0 saturated heterocycles. The number of nitrogens with two attached hydrogens (primary N) is 1. The number of hydrogen-bond acceptors (Lipinski definition) is 2. The van der Waals surface area contributed by atoms with E-state index in [0.717, 1.165) is 11.9 Å². The van der Waals surface area contributed by atoms with Crippen molar-refractivity contribution in [3.8, 4) is 0 Å². The van der Waals surface area contributed by atoms with Crippen LogP contribution in [0.1, 0.15) is 25.0 Å². The van der Waals surface area contributed by atoms with Crippen LogP contribution >= 0.6 is 12.4 Å². The molecule has 2 unspecified atom stereocenters. The molecule has 0 aliphatic carbocycles. The van der Waals surface area contributed by atoms with Gasteiger partial charge in [-0.15, -0.1) is 12.4 Å². The zero-order valence-electron chi connectivity index (χ0n) is 12.8. The maximum absolute atomic E-state index is 11.8. The fourth-order valence-electron chi connectivity index (χ4n) is 2.37. The summed E-state index contributed by atoms with van der Waals surface area (Å²) in [6.07, 6.45) is 2.85. The molecular formula is C16H24ClN3O. The molecule has 1 aromatic carbocycles. The second kappa shape index (κ2) is 7.48. The Morgan fingerprint density at radius 3 is 2.76 bits per heavy atom. The molecule has 1 amide bonds. The number of benzene rings is 1. The average molecular weight is 310 g/mol. The van der Waals surface area contributed by atoms with Crippen molar-refractivity contribution in [3.63, 3.8) is 0 Å². The van der Waals surface area contributed by atoms with Crippen LogP contribution in [0.5, 0.6) is 0 Å². The number of carbonyl (C=O) groups is 1. The number of aromatic amines is 1. The highest BCUT2D eigenvalue weighted by Gasteiger charge is 2.16. The van der Waals surface area contributed by atoms with Crippen molar-refractivity contribution in [2.45, 2.75) is 33.2 Å². The Morgan fingerprint density at radius 2 is 2.10 bits per heavy atom. The van der Waals surface area contributed by atoms with Gasteiger partial charge in [0.15, 0.2) is 0 Å². The SMILES string of the molecule is Cc1cccc2[nH]cc(CCNC(=O)C(C)C(C)N)c12.Cl. The molecule has 0 aliphatic heterocycles. The van der Waals surface area contributed by atoms with Crippen molar-refractivity contribution >= 4 is 29.2 Å². The van der Waals surface area contributed by atoms with E-state index in [0.29, 0.717) is 6.54 Å². The molecule has 1 aromatic heterocycles. The van der Waals surface area contributed by atoms with Crippen LogP contribution in [0.2, 0.25) is 0 Å². The first-order valence-corrected chi connectivity index (χ1v) is 7.09. The Balaban J connectivity index is 0.00000220. The molecule has 2 aromatic rings. The topological polar surface area (TPSA) is 70.9 Å². The lowest BCUT2D eigenvalue weighted by Crippen LogP contribution is -2.39. The number of nitrogens with one attached hydrogen (secondary N) is 2. The van der Waals surface area contributed by atoms with Crippen LogP contribution in [0.3, 0.4) is 0 Å². The number of H-pyrrole nitrogens is 1. The van der Waals surface area contributed by atoms with Crippen LogP contribution in [-0.2, 0) is 11.2 Å². The predicted molar refractivity (Wildman–Crippen MR) is 89.8 cm³/mol. The molecule has 0 bridgehead atoms. The average Bonchev–Trinajstić information content (AvgIpc) is 2.82. The van der Waals surface area contributed by atoms with Crippen molar-refractivity contribution in [3.05, 3.63) is 35.5 Å². The number of rotatable bonds is 5. The van der Waals surface area contributed by atoms with Crippen LogP contribution in [0.4, 0.5) is 0 Å². The summed E-state index contributed by atoms with van der Waals surface area (Å²) in [7, 11) is 0. The predicted octanol–water partition coefficient (Wildman–Crippen LogP) is 2.54. The minimum Gasteiger partial charge on any atom is -0.361 e. The van der Waals surface area contributed by atoms with Gasteiger partial charge in [0.25, 0.3) is 0 Å². The number of aryl methyl sites for hydroxylation is 1. The Labute approximate surface area is 131 Å². The Kier molecular flexibility index (Phi) is 6.24. The van der Waals surface area contributed by atoms with E-state index in [1.165, 1.54) is 16.5 Å². The summed E-state index contributed by atoms with van der Waals surface area (Å²) < 4.78 is 0. The van der Waals surface area contributed by atoms with Gasteiger partial charge in [0, 0.05) is 35.6 Å². The number of amides is 1. The molecule has 4 N–H and O–H groups in total. The van der Waals surface area contributed by atoms with Gasteiger partial charge in [0.1, 0.15) is 0 Å². The first kappa shape index (κ1) is 17.5. The normalized spacial score (nSPS) is 13.5. The van der Waals surface area contributed by atoms with E-state index in [4.69, 9.17) is 5.73 Å². The Bertz CT molecular complexity index is 607. The van der Waals surface area contributed by atoms with E-state index in [9.17, 15) is 4.79 Å². The van der Waals surface area contributed by atoms with Gasteiger partial charge in [-0.2, -0.15) is 0 Å². The molecule has 5 heteroatoms. The highest BCUT2D eigenvalue weighted by molar-refractivity contribution is 5.86. The van der Waals surface area contributed by atoms with Gasteiger partial charge < -0.3 is 16.0 Å². The maximum atomic E-state index is 11.8. The van der Waals surface area contributed by atoms with Gasteiger partial charge in [0.05, 0.1) is 0 Å². The zero-order chi connectivity index (χ0) is 14.7. The van der Waals surface area contributed by atoms with E-state index in [1.807, 2.05) is 26.1 Å². The maximum Gasteiger partial charge on any atom is 0.224 e. The smallest absolute Gasteiger partial charge is 0.224 e. The van der Waals surface area contributed by atoms with Crippen LogP contribution in [-0.4, -0.2) is 23.5 Å². The molecule has 0 aliphatic rings. The van der Waals surface area contributed by atoms with Crippen LogP contribution in [0.15, 0.2) is 24.4 Å². The van der Waals surface area contributed by atoms with Crippen LogP contribution in [0, 0.1) is 12.8 Å². The second-order valence-electron chi connectivity index (χ2n) is 5.50. The zero-order valence-corrected chi connectivity index (χ0v) is 13.6. The van der Waals surface area contributed by atoms with Crippen molar-refractivity contribution in [1.82, 2.24) is 10.3 Å². The third-order valence-corrected chi connectivity index (χ3v) is 3.89. The molecule has 21 heavy (non-hydrogen) atoms. The van der Waals surface area contributed by atoms with E-state index in [1.54, 1.807) is 0 Å². The second-order valence-corrected chi connectivity index (χ2v) is 5.50. The van der Waals surface area contributed by atoms with Gasteiger partial charge in [-0.05, 0) is 37.5 Å². The summed E-state index contributed by atoms with van der Waals surface area (Å²) in [5.41, 5.74) is 9.38. The summed E-state index contributed by atoms with van der Waals surface area (Å²) in [5.74, 6) is -0.128. The minimum atomic E-state index is -0.153. The van der Waals surface area contributed by atoms with Gasteiger partial charge in [-0.3, -0.25) is 4.79 Å². The summed E-state index contributed by atoms with van der Waals surface area (Å²) in [6.45, 7) is 6.46. The third kappa shape index (κ3) is 3.99. The Hall–Kier alpha value is -1.52. The fraction of sp³-hybridized carbons (Fsp3) is 0.438. The molecule has 4 nitrogen and oxygen atoms in total. The lowest BCUT2D eigenvalue weighted by Gasteiger charge is -2.15. The van der Waals surface area contributed by atoms with Gasteiger partial charge in [-0.1, -0.05) is 19.1 Å². The molecule has 2 atom stereocenters. The molecule has 0 radical (unpaired) electrons. The number of fused-ring (bicyclic) bond motifs is 1. The summed E-state index contributed by atoms with van der Waals surface area (Å²) in [5, 5.41) is 4.22. The molecule has 116 valence electrons. The summed E-state index contributed by atoms with van der Waals surface area (Å²) >= 11 is 0. The Morgan fingerprint density at radius 1 is 1.38 bits per heavy atom. The fourth-order valence-corrected chi connectivity index (χ4v) is 2.37. The van der Waals surface area contributed by atoms with Gasteiger partial charge in [0.2, 0.25) is 5.91 Å². The van der Waals surface area contributed by atoms with Crippen molar-refractivity contribution in [2.24, 2.45) is 11.7 Å². The molecule has 0 spiro atoms. The standard InChI is InChI=1S/C16H23N3O.ClH/c1-10-5-4-6-14-15(10)13(9-19-14)7-8-18-16(20)11(2)12(3)17;/h4-6,9,11-12,19H,7-8,17H2,1-3H3,(H,18,20);1H. The first-order valence-electron chi connectivity index (χ1n) is 7.09. The number of hydrogen-bond donors (Lipinski definition) is 3. The minimum absolute atomic E-state index is 0. The lowest BCUT2D eigenvalue weighted by atomic mass is 10.0. The summed E-state index contributed by atoms with van der Waals surface area (Å²) in [4.78, 5) is 15.1. The van der Waals surface area contributed by atoms with Crippen LogP contribution < -0.4 is 11.1 Å². The van der Waals surface area contributed by atoms with E-state index in [2.05, 4.69) is 29.4 Å². The van der Waals surface area contributed by atoms with Crippen LogP contribution in [0.25, 0.3) is 10.9 Å². The van der Waals surface area contributed by atoms with E-state index < -0.39 is 0 Å². The lowest BCUT2D eigenvalue weighted by molar-refractivity contribution is -0.124. The molecular weight excluding hydrogens is 286 g/mol. The first-order chi connectivity index (χ1) is 9.50. The largest absolute Gasteiger partial charge is 0.361 e. The molecule has 0 saturated carbocycles. The van der Waals surface area contributed by atoms with E-state index >= 15 is 0 Å². The quantitative estimate of drug-likeness (QED) is 0.794. The summed E-state index contributed by atoms with van der Waals surface area (Å²) in [6, 6.07) is 6.11. The molecule has 1 heterocycles. The van der Waals surface area contributed by atoms with Crippen molar-refractivity contribution in [2.75, 3.05) is 6.54 Å². The third-order valence-electron chi connectivity index (χ3n) is 3.89. The molecule has 2 rings (SSSR count). The number of halogens is 1. The highest BCUT2D eigenvalue weighted by atomic mass is 35.5. The molecule has 0 fully saturated rings. The van der Waals surface area contributed by atoms with Gasteiger partial charge in [-0.25, -0.2) is 0 Å². The highest BCUT2D eigenvalue weighted by Crippen LogP contribution is 2.22. The van der Waals surface area contributed by atoms with E-state index in [-0.39, 0.29) is 30.3 Å². The van der Waals surface area contributed by atoms with Gasteiger partial charge >= 0.3 is 0 Å².